The van der Waals surface area contributed by atoms with E-state index in [4.69, 9.17) is 0 Å². The van der Waals surface area contributed by atoms with Crippen LogP contribution in [0.2, 0.25) is 0 Å². The maximum atomic E-state index is 13.7. The van der Waals surface area contributed by atoms with Gasteiger partial charge >= 0.3 is 5.69 Å². The normalized spacial score (nSPS) is 18.1. The molecule has 1 aliphatic rings. The van der Waals surface area contributed by atoms with E-state index in [2.05, 4.69) is 35.5 Å². The number of nitrogens with one attached hydrogen (secondary N) is 2. The van der Waals surface area contributed by atoms with Gasteiger partial charge in [0.15, 0.2) is 9.84 Å². The van der Waals surface area contributed by atoms with E-state index in [-0.39, 0.29) is 23.1 Å². The van der Waals surface area contributed by atoms with E-state index in [9.17, 15) is 23.3 Å². The monoisotopic (exact) mass is 609 g/mol. The van der Waals surface area contributed by atoms with E-state index in [0.29, 0.717) is 23.1 Å². The fourth-order valence-corrected chi connectivity index (χ4v) is 7.39. The summed E-state index contributed by atoms with van der Waals surface area (Å²) >= 11 is 1.58. The number of carbonyl (C=O) groups excluding carboxylic acids is 1. The van der Waals surface area contributed by atoms with E-state index in [1.54, 1.807) is 36.0 Å². The van der Waals surface area contributed by atoms with Crippen LogP contribution in [0.4, 0.5) is 5.82 Å². The first kappa shape index (κ1) is 31.6. The average molecular weight is 610 g/mol. The summed E-state index contributed by atoms with van der Waals surface area (Å²) in [6.07, 6.45) is 5.76. The fourth-order valence-electron chi connectivity index (χ4n) is 5.74. The summed E-state index contributed by atoms with van der Waals surface area (Å²) in [7, 11) is -3.51. The molecule has 3 aromatic rings. The van der Waals surface area contributed by atoms with Crippen molar-refractivity contribution in [3.8, 4) is 6.07 Å². The van der Waals surface area contributed by atoms with Crippen molar-refractivity contribution in [2.45, 2.75) is 69.7 Å². The zero-order chi connectivity index (χ0) is 30.3. The minimum Gasteiger partial charge on any atom is -0.358 e. The first-order valence-electron chi connectivity index (χ1n) is 14.2. The number of thioether (sulfide) groups is 1. The number of nitriles is 1. The van der Waals surface area contributed by atoms with Gasteiger partial charge in [0.1, 0.15) is 23.8 Å². The Kier molecular flexibility index (Phi) is 10.3. The molecule has 0 aliphatic heterocycles. The fraction of sp³-hybridized carbons (Fsp3) is 0.484. The third kappa shape index (κ3) is 8.82. The molecule has 224 valence electrons. The maximum Gasteiger partial charge on any atom is 0.350 e. The molecule has 1 heterocycles. The lowest BCUT2D eigenvalue weighted by molar-refractivity contribution is -0.122. The van der Waals surface area contributed by atoms with E-state index in [1.807, 2.05) is 30.3 Å². The number of aromatic nitrogens is 2. The second-order valence-corrected chi connectivity index (χ2v) is 15.1. The molecule has 0 saturated heterocycles. The van der Waals surface area contributed by atoms with E-state index >= 15 is 0 Å². The van der Waals surface area contributed by atoms with Crippen LogP contribution >= 0.6 is 11.8 Å². The minimum absolute atomic E-state index is 0.171. The Morgan fingerprint density at radius 2 is 1.90 bits per heavy atom. The van der Waals surface area contributed by atoms with Crippen LogP contribution < -0.4 is 16.3 Å². The lowest BCUT2D eigenvalue weighted by Crippen LogP contribution is -2.46. The molecular formula is C31H39N5O4S2. The zero-order valence-electron chi connectivity index (χ0n) is 24.4. The van der Waals surface area contributed by atoms with E-state index < -0.39 is 33.5 Å². The molecule has 2 aromatic carbocycles. The highest BCUT2D eigenvalue weighted by atomic mass is 32.2. The molecule has 9 nitrogen and oxygen atoms in total. The predicted molar refractivity (Wildman–Crippen MR) is 169 cm³/mol. The van der Waals surface area contributed by atoms with Gasteiger partial charge in [-0.2, -0.15) is 22.0 Å². The third-order valence-corrected chi connectivity index (χ3v) is 9.46. The Morgan fingerprint density at radius 3 is 2.60 bits per heavy atom. The standard InChI is InChI=1S/C31H39N5O4S2/c1-31(2)15-9-12-23(17-31)16-26(29(37)33-24(18-32)20-41-19-22-10-5-4-6-11-22)34-28-25-13-7-8-14-27(25)36(30(38)35-28)21-42(3,39)40/h4-8,10-11,13-14,23-24,26H,9,12,15-17,19-21H2,1-3H3,(H,33,37)(H,34,35,38). The highest BCUT2D eigenvalue weighted by Crippen LogP contribution is 2.40. The van der Waals surface area contributed by atoms with Crippen molar-refractivity contribution in [1.29, 1.82) is 5.26 Å². The molecule has 11 heteroatoms. The molecule has 3 atom stereocenters. The Morgan fingerprint density at radius 1 is 1.19 bits per heavy atom. The van der Waals surface area contributed by atoms with E-state index in [0.717, 1.165) is 47.8 Å². The highest BCUT2D eigenvalue weighted by molar-refractivity contribution is 7.98. The number of amides is 1. The van der Waals surface area contributed by atoms with Crippen LogP contribution in [0.3, 0.4) is 0 Å². The molecule has 1 amide bonds. The van der Waals surface area contributed by atoms with Crippen LogP contribution in [-0.2, 0) is 26.3 Å². The van der Waals surface area contributed by atoms with Crippen LogP contribution in [0.1, 0.15) is 51.5 Å². The van der Waals surface area contributed by atoms with Gasteiger partial charge < -0.3 is 10.6 Å². The van der Waals surface area contributed by atoms with Crippen molar-refractivity contribution in [3.63, 3.8) is 0 Å². The molecule has 1 saturated carbocycles. The summed E-state index contributed by atoms with van der Waals surface area (Å²) < 4.78 is 25.2. The van der Waals surface area contributed by atoms with Crippen molar-refractivity contribution in [2.75, 3.05) is 17.3 Å². The quantitative estimate of drug-likeness (QED) is 0.301. The second-order valence-electron chi connectivity index (χ2n) is 12.0. The third-order valence-electron chi connectivity index (χ3n) is 7.62. The highest BCUT2D eigenvalue weighted by Gasteiger charge is 2.32. The summed E-state index contributed by atoms with van der Waals surface area (Å²) in [4.78, 5) is 30.9. The molecule has 1 fully saturated rings. The number of rotatable bonds is 12. The number of para-hydroxylation sites is 1. The lowest BCUT2D eigenvalue weighted by atomic mass is 9.70. The summed E-state index contributed by atoms with van der Waals surface area (Å²) in [5, 5.41) is 16.5. The minimum atomic E-state index is -3.51. The van der Waals surface area contributed by atoms with Crippen molar-refractivity contribution in [1.82, 2.24) is 14.9 Å². The molecule has 2 N–H and O–H groups in total. The van der Waals surface area contributed by atoms with Crippen LogP contribution in [0, 0.1) is 22.7 Å². The lowest BCUT2D eigenvalue weighted by Gasteiger charge is -2.36. The van der Waals surface area contributed by atoms with Crippen LogP contribution in [0.5, 0.6) is 0 Å². The number of carbonyl (C=O) groups is 1. The Balaban J connectivity index is 1.58. The molecule has 3 unspecified atom stereocenters. The van der Waals surface area contributed by atoms with Gasteiger partial charge in [-0.3, -0.25) is 9.36 Å². The molecule has 42 heavy (non-hydrogen) atoms. The molecule has 0 bridgehead atoms. The number of sulfone groups is 1. The number of anilines is 1. The number of hydrogen-bond donors (Lipinski definition) is 2. The number of hydrogen-bond acceptors (Lipinski definition) is 8. The van der Waals surface area contributed by atoms with Crippen LogP contribution in [0.15, 0.2) is 59.4 Å². The second kappa shape index (κ2) is 13.7. The first-order chi connectivity index (χ1) is 19.9. The Labute approximate surface area is 252 Å². The largest absolute Gasteiger partial charge is 0.358 e. The van der Waals surface area contributed by atoms with Gasteiger partial charge in [-0.1, -0.05) is 69.2 Å². The summed E-state index contributed by atoms with van der Waals surface area (Å²) in [6.45, 7) is 4.49. The topological polar surface area (TPSA) is 134 Å². The molecule has 0 radical (unpaired) electrons. The number of fused-ring (bicyclic) bond motifs is 1. The SMILES string of the molecule is CC1(C)CCCC(CC(Nc2nc(=O)n(CS(C)(=O)=O)c3ccccc23)C(=O)NC(C#N)CSCc2ccccc2)C1. The van der Waals surface area contributed by atoms with Crippen molar-refractivity contribution in [2.24, 2.45) is 11.3 Å². The maximum absolute atomic E-state index is 13.7. The molecular weight excluding hydrogens is 571 g/mol. The van der Waals surface area contributed by atoms with Gasteiger partial charge in [-0.05, 0) is 48.3 Å². The van der Waals surface area contributed by atoms with Gasteiger partial charge in [0, 0.05) is 23.1 Å². The number of nitrogens with zero attached hydrogens (tertiary/aromatic N) is 3. The molecule has 0 spiro atoms. The zero-order valence-corrected chi connectivity index (χ0v) is 26.0. The van der Waals surface area contributed by atoms with Gasteiger partial charge in [0.2, 0.25) is 5.91 Å². The molecule has 4 rings (SSSR count). The predicted octanol–water partition coefficient (Wildman–Crippen LogP) is 4.73. The smallest absolute Gasteiger partial charge is 0.350 e. The van der Waals surface area contributed by atoms with Gasteiger partial charge in [0.25, 0.3) is 0 Å². The summed E-state index contributed by atoms with van der Waals surface area (Å²) in [5.74, 6) is 0.850. The van der Waals surface area contributed by atoms with Crippen LogP contribution in [-0.4, -0.2) is 48.0 Å². The molecule has 1 aromatic heterocycles. The van der Waals surface area contributed by atoms with Crippen molar-refractivity contribution in [3.05, 3.63) is 70.6 Å². The van der Waals surface area contributed by atoms with Gasteiger partial charge in [-0.25, -0.2) is 13.2 Å². The van der Waals surface area contributed by atoms with E-state index in [1.165, 1.54) is 0 Å². The Hall–Kier alpha value is -3.36. The average Bonchev–Trinajstić information content (AvgIpc) is 2.93. The van der Waals surface area contributed by atoms with Gasteiger partial charge in [-0.15, -0.1) is 0 Å². The van der Waals surface area contributed by atoms with Crippen molar-refractivity contribution >= 4 is 44.2 Å². The number of benzene rings is 2. The van der Waals surface area contributed by atoms with Crippen molar-refractivity contribution < 1.29 is 13.2 Å². The van der Waals surface area contributed by atoms with Gasteiger partial charge in [0.05, 0.1) is 11.6 Å². The Bertz CT molecular complexity index is 1600. The van der Waals surface area contributed by atoms with Crippen LogP contribution in [0.25, 0.3) is 10.9 Å². The summed E-state index contributed by atoms with van der Waals surface area (Å²) in [6, 6.07) is 17.7. The first-order valence-corrected chi connectivity index (χ1v) is 17.4. The molecule has 1 aliphatic carbocycles. The summed E-state index contributed by atoms with van der Waals surface area (Å²) in [5.41, 5.74) is 1.01.